The summed E-state index contributed by atoms with van der Waals surface area (Å²) in [6.45, 7) is -0.368. The highest BCUT2D eigenvalue weighted by Gasteiger charge is 2.50. The first-order chi connectivity index (χ1) is 18.0. The summed E-state index contributed by atoms with van der Waals surface area (Å²) >= 11 is 0. The molecule has 37 heavy (non-hydrogen) atoms. The SMILES string of the molecule is CO[C@@H]1O[C@H](COC(=O)c2ccccc2)[C@H](O)[C@H](OC(=O)c2ccccc2)[C@H]1OC(=O)c1ccccc1. The van der Waals surface area contributed by atoms with Crippen molar-refractivity contribution in [2.24, 2.45) is 0 Å². The topological polar surface area (TPSA) is 118 Å². The number of hydrogen-bond donors (Lipinski definition) is 1. The van der Waals surface area contributed by atoms with E-state index in [1.54, 1.807) is 91.0 Å². The molecule has 9 nitrogen and oxygen atoms in total. The Bertz CT molecular complexity index is 1180. The van der Waals surface area contributed by atoms with Gasteiger partial charge >= 0.3 is 17.9 Å². The lowest BCUT2D eigenvalue weighted by molar-refractivity contribution is -0.292. The Balaban J connectivity index is 1.55. The number of aliphatic hydroxyl groups excluding tert-OH is 1. The van der Waals surface area contributed by atoms with Crippen molar-refractivity contribution in [1.82, 2.24) is 0 Å². The summed E-state index contributed by atoms with van der Waals surface area (Å²) in [6, 6.07) is 24.7. The molecular weight excluding hydrogens is 480 g/mol. The quantitative estimate of drug-likeness (QED) is 0.363. The molecule has 3 aromatic rings. The van der Waals surface area contributed by atoms with Crippen LogP contribution in [0.1, 0.15) is 31.1 Å². The molecule has 0 amide bonds. The number of carbonyl (C=O) groups excluding carboxylic acids is 3. The largest absolute Gasteiger partial charge is 0.459 e. The Morgan fingerprint density at radius 3 is 1.59 bits per heavy atom. The zero-order valence-corrected chi connectivity index (χ0v) is 20.0. The maximum atomic E-state index is 12.9. The van der Waals surface area contributed by atoms with Gasteiger partial charge in [0.2, 0.25) is 0 Å². The number of carbonyl (C=O) groups is 3. The first kappa shape index (κ1) is 26.0. The minimum Gasteiger partial charge on any atom is -0.459 e. The van der Waals surface area contributed by atoms with Crippen molar-refractivity contribution in [2.75, 3.05) is 13.7 Å². The lowest BCUT2D eigenvalue weighted by Crippen LogP contribution is -2.61. The lowest BCUT2D eigenvalue weighted by Gasteiger charge is -2.42. The number of rotatable bonds is 8. The third-order valence-electron chi connectivity index (χ3n) is 5.74. The summed E-state index contributed by atoms with van der Waals surface area (Å²) in [6.07, 6.45) is -6.60. The van der Waals surface area contributed by atoms with Crippen LogP contribution in [0.4, 0.5) is 0 Å². The molecule has 1 aliphatic rings. The summed E-state index contributed by atoms with van der Waals surface area (Å²) in [5, 5.41) is 11.1. The molecule has 0 unspecified atom stereocenters. The van der Waals surface area contributed by atoms with Crippen LogP contribution in [0.2, 0.25) is 0 Å². The summed E-state index contributed by atoms with van der Waals surface area (Å²) < 4.78 is 27.7. The summed E-state index contributed by atoms with van der Waals surface area (Å²) in [7, 11) is 1.31. The van der Waals surface area contributed by atoms with Gasteiger partial charge in [0.1, 0.15) is 18.8 Å². The fraction of sp³-hybridized carbons (Fsp3) is 0.250. The molecule has 1 fully saturated rings. The summed E-state index contributed by atoms with van der Waals surface area (Å²) in [5.41, 5.74) is 0.798. The molecule has 0 bridgehead atoms. The standard InChI is InChI=1S/C28H26O9/c1-33-28-24(37-27(32)20-15-9-4-10-16-20)23(36-26(31)19-13-7-3-8-14-19)22(29)21(35-28)17-34-25(30)18-11-5-2-6-12-18/h2-16,21-24,28-29H,17H2,1H3/t21-,22+,23+,24-,28-/m1/s1. The van der Waals surface area contributed by atoms with Crippen LogP contribution in [0.25, 0.3) is 0 Å². The van der Waals surface area contributed by atoms with Gasteiger partial charge < -0.3 is 28.8 Å². The summed E-state index contributed by atoms with van der Waals surface area (Å²) in [5.74, 6) is -2.10. The predicted molar refractivity (Wildman–Crippen MR) is 130 cm³/mol. The monoisotopic (exact) mass is 506 g/mol. The third kappa shape index (κ3) is 6.39. The normalized spacial score (nSPS) is 23.0. The number of ether oxygens (including phenoxy) is 5. The van der Waals surface area contributed by atoms with E-state index in [0.29, 0.717) is 5.56 Å². The maximum Gasteiger partial charge on any atom is 0.338 e. The van der Waals surface area contributed by atoms with Crippen LogP contribution in [-0.2, 0) is 23.7 Å². The molecule has 0 saturated carbocycles. The van der Waals surface area contributed by atoms with Crippen molar-refractivity contribution < 1.29 is 43.2 Å². The fourth-order valence-electron chi connectivity index (χ4n) is 3.83. The molecule has 1 heterocycles. The molecule has 1 N–H and O–H groups in total. The van der Waals surface area contributed by atoms with Crippen LogP contribution in [-0.4, -0.2) is 67.4 Å². The molecule has 0 radical (unpaired) electrons. The number of benzene rings is 3. The van der Waals surface area contributed by atoms with Gasteiger partial charge in [-0.25, -0.2) is 14.4 Å². The van der Waals surface area contributed by atoms with Gasteiger partial charge in [0, 0.05) is 7.11 Å². The number of methoxy groups -OCH3 is 1. The molecule has 0 aromatic heterocycles. The van der Waals surface area contributed by atoms with Crippen LogP contribution < -0.4 is 0 Å². The Morgan fingerprint density at radius 2 is 1.14 bits per heavy atom. The second kappa shape index (κ2) is 12.3. The van der Waals surface area contributed by atoms with E-state index in [2.05, 4.69) is 0 Å². The Morgan fingerprint density at radius 1 is 0.703 bits per heavy atom. The number of esters is 3. The van der Waals surface area contributed by atoms with E-state index in [1.165, 1.54) is 7.11 Å². The van der Waals surface area contributed by atoms with Crippen molar-refractivity contribution in [3.05, 3.63) is 108 Å². The Labute approximate surface area is 213 Å². The van der Waals surface area contributed by atoms with Gasteiger partial charge in [0.15, 0.2) is 18.5 Å². The van der Waals surface area contributed by atoms with E-state index >= 15 is 0 Å². The molecule has 3 aromatic carbocycles. The van der Waals surface area contributed by atoms with Crippen molar-refractivity contribution in [3.63, 3.8) is 0 Å². The Hall–Kier alpha value is -4.05. The minimum absolute atomic E-state index is 0.232. The first-order valence-electron chi connectivity index (χ1n) is 11.6. The first-order valence-corrected chi connectivity index (χ1v) is 11.6. The van der Waals surface area contributed by atoms with E-state index in [0.717, 1.165) is 0 Å². The van der Waals surface area contributed by atoms with Crippen LogP contribution in [0.5, 0.6) is 0 Å². The van der Waals surface area contributed by atoms with Crippen LogP contribution >= 0.6 is 0 Å². The van der Waals surface area contributed by atoms with E-state index in [4.69, 9.17) is 23.7 Å². The number of aliphatic hydroxyl groups is 1. The molecule has 4 rings (SSSR count). The van der Waals surface area contributed by atoms with Crippen molar-refractivity contribution in [2.45, 2.75) is 30.7 Å². The molecular formula is C28H26O9. The second-order valence-corrected chi connectivity index (χ2v) is 8.21. The minimum atomic E-state index is -1.52. The zero-order chi connectivity index (χ0) is 26.2. The molecule has 0 spiro atoms. The average Bonchev–Trinajstić information content (AvgIpc) is 2.95. The Kier molecular flexibility index (Phi) is 8.63. The van der Waals surface area contributed by atoms with Crippen molar-refractivity contribution in [1.29, 1.82) is 0 Å². The van der Waals surface area contributed by atoms with Crippen LogP contribution in [0.3, 0.4) is 0 Å². The van der Waals surface area contributed by atoms with Gasteiger partial charge in [0.25, 0.3) is 0 Å². The van der Waals surface area contributed by atoms with E-state index < -0.39 is 48.6 Å². The van der Waals surface area contributed by atoms with Gasteiger partial charge in [-0.2, -0.15) is 0 Å². The zero-order valence-electron chi connectivity index (χ0n) is 20.0. The second-order valence-electron chi connectivity index (χ2n) is 8.21. The van der Waals surface area contributed by atoms with Crippen LogP contribution in [0.15, 0.2) is 91.0 Å². The smallest absolute Gasteiger partial charge is 0.338 e. The van der Waals surface area contributed by atoms with Crippen LogP contribution in [0, 0.1) is 0 Å². The van der Waals surface area contributed by atoms with E-state index in [9.17, 15) is 19.5 Å². The highest BCUT2D eigenvalue weighted by molar-refractivity contribution is 5.90. The molecule has 1 aliphatic heterocycles. The van der Waals surface area contributed by atoms with E-state index in [-0.39, 0.29) is 17.7 Å². The van der Waals surface area contributed by atoms with Crippen molar-refractivity contribution >= 4 is 17.9 Å². The van der Waals surface area contributed by atoms with Crippen molar-refractivity contribution in [3.8, 4) is 0 Å². The molecule has 1 saturated heterocycles. The van der Waals surface area contributed by atoms with Gasteiger partial charge in [-0.1, -0.05) is 54.6 Å². The van der Waals surface area contributed by atoms with Gasteiger partial charge in [-0.05, 0) is 36.4 Å². The molecule has 192 valence electrons. The number of hydrogen-bond acceptors (Lipinski definition) is 9. The lowest BCUT2D eigenvalue weighted by atomic mass is 9.98. The van der Waals surface area contributed by atoms with Gasteiger partial charge in [-0.15, -0.1) is 0 Å². The third-order valence-corrected chi connectivity index (χ3v) is 5.74. The summed E-state index contributed by atoms with van der Waals surface area (Å²) in [4.78, 5) is 38.1. The van der Waals surface area contributed by atoms with Gasteiger partial charge in [0.05, 0.1) is 16.7 Å². The average molecular weight is 507 g/mol. The highest BCUT2D eigenvalue weighted by Crippen LogP contribution is 2.28. The molecule has 5 atom stereocenters. The fourth-order valence-corrected chi connectivity index (χ4v) is 3.83. The van der Waals surface area contributed by atoms with Gasteiger partial charge in [-0.3, -0.25) is 0 Å². The maximum absolute atomic E-state index is 12.9. The highest BCUT2D eigenvalue weighted by atomic mass is 16.7. The predicted octanol–water partition coefficient (Wildman–Crippen LogP) is 3.03. The molecule has 9 heteroatoms. The molecule has 0 aliphatic carbocycles. The van der Waals surface area contributed by atoms with E-state index in [1.807, 2.05) is 0 Å².